The second-order valence-corrected chi connectivity index (χ2v) is 4.42. The number of piperazine rings is 2. The number of nitrogens with zero attached hydrogens (tertiary/aromatic N) is 2. The van der Waals surface area contributed by atoms with E-state index in [0.29, 0.717) is 12.1 Å². The average molecular weight is 197 g/mol. The van der Waals surface area contributed by atoms with Gasteiger partial charge in [0.15, 0.2) is 0 Å². The van der Waals surface area contributed by atoms with Gasteiger partial charge in [-0.15, -0.1) is 0 Å². The third-order valence-corrected chi connectivity index (χ3v) is 3.26. The monoisotopic (exact) mass is 197 g/mol. The summed E-state index contributed by atoms with van der Waals surface area (Å²) in [5.74, 6) is 0.211. The molecule has 0 saturated carbocycles. The van der Waals surface area contributed by atoms with E-state index in [0.717, 1.165) is 32.7 Å². The van der Waals surface area contributed by atoms with Crippen LogP contribution in [0.2, 0.25) is 0 Å². The van der Waals surface area contributed by atoms with Crippen LogP contribution in [-0.2, 0) is 4.79 Å². The maximum absolute atomic E-state index is 11.2. The lowest BCUT2D eigenvalue weighted by Crippen LogP contribution is -2.63. The Labute approximate surface area is 85.2 Å². The molecule has 4 heteroatoms. The first-order chi connectivity index (χ1) is 6.66. The van der Waals surface area contributed by atoms with Gasteiger partial charge in [-0.3, -0.25) is 9.69 Å². The second kappa shape index (κ2) is 3.87. The molecule has 0 aliphatic carbocycles. The number of hydrogen-bond acceptors (Lipinski definition) is 3. The van der Waals surface area contributed by atoms with Crippen molar-refractivity contribution in [2.75, 3.05) is 32.7 Å². The van der Waals surface area contributed by atoms with Crippen molar-refractivity contribution in [3.05, 3.63) is 0 Å². The fourth-order valence-corrected chi connectivity index (χ4v) is 2.37. The maximum atomic E-state index is 11.2. The van der Waals surface area contributed by atoms with Crippen LogP contribution < -0.4 is 5.32 Å². The van der Waals surface area contributed by atoms with Gasteiger partial charge in [0.05, 0.1) is 0 Å². The van der Waals surface area contributed by atoms with E-state index in [1.54, 1.807) is 6.92 Å². The molecule has 2 atom stereocenters. The summed E-state index contributed by atoms with van der Waals surface area (Å²) < 4.78 is 0. The van der Waals surface area contributed by atoms with Crippen LogP contribution in [0.15, 0.2) is 0 Å². The number of hydrogen-bond donors (Lipinski definition) is 1. The summed E-state index contributed by atoms with van der Waals surface area (Å²) in [4.78, 5) is 15.7. The predicted octanol–water partition coefficient (Wildman–Crippen LogP) is -0.489. The summed E-state index contributed by atoms with van der Waals surface area (Å²) in [5.41, 5.74) is 0. The quantitative estimate of drug-likeness (QED) is 0.569. The zero-order valence-electron chi connectivity index (χ0n) is 8.99. The summed E-state index contributed by atoms with van der Waals surface area (Å²) in [7, 11) is 0. The molecule has 1 amide bonds. The number of amides is 1. The highest BCUT2D eigenvalue weighted by molar-refractivity contribution is 5.73. The molecular formula is C10H19N3O. The van der Waals surface area contributed by atoms with Gasteiger partial charge in [0.1, 0.15) is 0 Å². The number of rotatable bonds is 0. The Balaban J connectivity index is 1.94. The third kappa shape index (κ3) is 1.91. The first-order valence-corrected chi connectivity index (χ1v) is 5.40. The van der Waals surface area contributed by atoms with E-state index in [2.05, 4.69) is 17.1 Å². The van der Waals surface area contributed by atoms with Crippen molar-refractivity contribution in [1.29, 1.82) is 0 Å². The molecule has 2 fully saturated rings. The van der Waals surface area contributed by atoms with Crippen molar-refractivity contribution in [2.24, 2.45) is 0 Å². The Kier molecular flexibility index (Phi) is 2.74. The van der Waals surface area contributed by atoms with Gasteiger partial charge in [-0.25, -0.2) is 0 Å². The topological polar surface area (TPSA) is 35.6 Å². The molecule has 2 saturated heterocycles. The van der Waals surface area contributed by atoms with Gasteiger partial charge in [-0.05, 0) is 6.92 Å². The SMILES string of the molecule is CC(=O)N1CCN2CC(C)NC[C@H]2C1. The predicted molar refractivity (Wildman–Crippen MR) is 55.1 cm³/mol. The summed E-state index contributed by atoms with van der Waals surface area (Å²) in [5, 5.41) is 3.46. The number of fused-ring (bicyclic) bond motifs is 1. The number of carbonyl (C=O) groups excluding carboxylic acids is 1. The molecule has 0 bridgehead atoms. The van der Waals surface area contributed by atoms with Crippen LogP contribution in [0.4, 0.5) is 0 Å². The molecule has 1 unspecified atom stereocenters. The summed E-state index contributed by atoms with van der Waals surface area (Å²) >= 11 is 0. The van der Waals surface area contributed by atoms with E-state index >= 15 is 0 Å². The van der Waals surface area contributed by atoms with Crippen molar-refractivity contribution in [1.82, 2.24) is 15.1 Å². The zero-order valence-corrected chi connectivity index (χ0v) is 8.99. The van der Waals surface area contributed by atoms with E-state index < -0.39 is 0 Å². The highest BCUT2D eigenvalue weighted by Gasteiger charge is 2.31. The van der Waals surface area contributed by atoms with E-state index in [9.17, 15) is 4.79 Å². The molecule has 0 aromatic carbocycles. The van der Waals surface area contributed by atoms with Crippen molar-refractivity contribution in [3.8, 4) is 0 Å². The Morgan fingerprint density at radius 1 is 1.36 bits per heavy atom. The van der Waals surface area contributed by atoms with Gasteiger partial charge in [-0.1, -0.05) is 0 Å². The van der Waals surface area contributed by atoms with Crippen molar-refractivity contribution >= 4 is 5.91 Å². The molecule has 0 aromatic rings. The van der Waals surface area contributed by atoms with Gasteiger partial charge in [0.25, 0.3) is 0 Å². The molecule has 0 radical (unpaired) electrons. The van der Waals surface area contributed by atoms with Gasteiger partial charge < -0.3 is 10.2 Å². The minimum absolute atomic E-state index is 0.211. The lowest BCUT2D eigenvalue weighted by molar-refractivity contribution is -0.132. The molecule has 0 aromatic heterocycles. The molecule has 1 N–H and O–H groups in total. The molecular weight excluding hydrogens is 178 g/mol. The minimum Gasteiger partial charge on any atom is -0.340 e. The Bertz CT molecular complexity index is 231. The molecule has 2 heterocycles. The lowest BCUT2D eigenvalue weighted by Gasteiger charge is -2.45. The Morgan fingerprint density at radius 3 is 2.86 bits per heavy atom. The maximum Gasteiger partial charge on any atom is 0.219 e. The van der Waals surface area contributed by atoms with Crippen molar-refractivity contribution in [2.45, 2.75) is 25.9 Å². The van der Waals surface area contributed by atoms with Crippen molar-refractivity contribution < 1.29 is 4.79 Å². The first-order valence-electron chi connectivity index (χ1n) is 5.40. The van der Waals surface area contributed by atoms with Gasteiger partial charge in [-0.2, -0.15) is 0 Å². The van der Waals surface area contributed by atoms with Crippen LogP contribution in [0.25, 0.3) is 0 Å². The van der Waals surface area contributed by atoms with E-state index in [4.69, 9.17) is 0 Å². The molecule has 80 valence electrons. The summed E-state index contributed by atoms with van der Waals surface area (Å²) in [6.07, 6.45) is 0. The van der Waals surface area contributed by atoms with Crippen molar-refractivity contribution in [3.63, 3.8) is 0 Å². The van der Waals surface area contributed by atoms with Crippen LogP contribution in [0.5, 0.6) is 0 Å². The molecule has 0 spiro atoms. The second-order valence-electron chi connectivity index (χ2n) is 4.42. The Morgan fingerprint density at radius 2 is 2.14 bits per heavy atom. The first kappa shape index (κ1) is 9.93. The van der Waals surface area contributed by atoms with Crippen LogP contribution in [0.1, 0.15) is 13.8 Å². The largest absolute Gasteiger partial charge is 0.340 e. The van der Waals surface area contributed by atoms with Gasteiger partial charge in [0.2, 0.25) is 5.91 Å². The number of carbonyl (C=O) groups is 1. The van der Waals surface area contributed by atoms with E-state index in [1.807, 2.05) is 4.90 Å². The normalized spacial score (nSPS) is 34.0. The van der Waals surface area contributed by atoms with Gasteiger partial charge in [0, 0.05) is 51.7 Å². The lowest BCUT2D eigenvalue weighted by atomic mass is 10.1. The highest BCUT2D eigenvalue weighted by Crippen LogP contribution is 2.13. The fraction of sp³-hybridized carbons (Fsp3) is 0.900. The van der Waals surface area contributed by atoms with Crippen LogP contribution in [0.3, 0.4) is 0 Å². The van der Waals surface area contributed by atoms with E-state index in [-0.39, 0.29) is 5.91 Å². The molecule has 2 rings (SSSR count). The molecule has 2 aliphatic rings. The van der Waals surface area contributed by atoms with Crippen LogP contribution in [0, 0.1) is 0 Å². The zero-order chi connectivity index (χ0) is 10.1. The summed E-state index contributed by atoms with van der Waals surface area (Å²) in [6.45, 7) is 8.85. The van der Waals surface area contributed by atoms with E-state index in [1.165, 1.54) is 0 Å². The molecule has 14 heavy (non-hydrogen) atoms. The number of nitrogens with one attached hydrogen (secondary N) is 1. The minimum atomic E-state index is 0.211. The average Bonchev–Trinajstić information content (AvgIpc) is 2.16. The van der Waals surface area contributed by atoms with Gasteiger partial charge >= 0.3 is 0 Å². The highest BCUT2D eigenvalue weighted by atomic mass is 16.2. The fourth-order valence-electron chi connectivity index (χ4n) is 2.37. The molecule has 4 nitrogen and oxygen atoms in total. The van der Waals surface area contributed by atoms with Crippen LogP contribution in [-0.4, -0.2) is 60.5 Å². The third-order valence-electron chi connectivity index (χ3n) is 3.26. The molecule has 2 aliphatic heterocycles. The summed E-state index contributed by atoms with van der Waals surface area (Å²) in [6, 6.07) is 1.12. The standard InChI is InChI=1S/C10H19N3O/c1-8-6-13-4-3-12(9(2)14)7-10(13)5-11-8/h8,10-11H,3-7H2,1-2H3/t8?,10-/m0/s1. The smallest absolute Gasteiger partial charge is 0.219 e. The Hall–Kier alpha value is -0.610. The van der Waals surface area contributed by atoms with Crippen LogP contribution >= 0.6 is 0 Å².